The monoisotopic (exact) mass is 207 g/mol. The molecule has 0 radical (unpaired) electrons. The van der Waals surface area contributed by atoms with E-state index in [1.54, 1.807) is 0 Å². The van der Waals surface area contributed by atoms with Crippen molar-refractivity contribution in [1.82, 2.24) is 0 Å². The third kappa shape index (κ3) is 6.27. The van der Waals surface area contributed by atoms with Gasteiger partial charge in [-0.3, -0.25) is 4.99 Å². The molecule has 0 atom stereocenters. The highest BCUT2D eigenvalue weighted by atomic mass is 14.7. The van der Waals surface area contributed by atoms with Gasteiger partial charge in [0, 0.05) is 11.9 Å². The van der Waals surface area contributed by atoms with Crippen LogP contribution in [0.25, 0.3) is 0 Å². The van der Waals surface area contributed by atoms with Gasteiger partial charge in [0.1, 0.15) is 0 Å². The third-order valence-corrected chi connectivity index (χ3v) is 2.59. The van der Waals surface area contributed by atoms with Gasteiger partial charge in [-0.1, -0.05) is 39.3 Å². The maximum Gasteiger partial charge on any atom is 0.0426 e. The first-order valence-electron chi connectivity index (χ1n) is 5.88. The summed E-state index contributed by atoms with van der Waals surface area (Å²) in [6, 6.07) is 0. The zero-order valence-electron chi connectivity index (χ0n) is 10.9. The van der Waals surface area contributed by atoms with Gasteiger partial charge in [0.05, 0.1) is 0 Å². The zero-order valence-corrected chi connectivity index (χ0v) is 10.9. The summed E-state index contributed by atoms with van der Waals surface area (Å²) in [6.07, 6.45) is 5.44. The van der Waals surface area contributed by atoms with Crippen molar-refractivity contribution in [3.05, 3.63) is 23.9 Å². The highest BCUT2D eigenvalue weighted by molar-refractivity contribution is 5.99. The summed E-state index contributed by atoms with van der Waals surface area (Å²) >= 11 is 0. The largest absolute Gasteiger partial charge is 0.261 e. The number of nitrogens with zero attached hydrogens (tertiary/aromatic N) is 1. The quantitative estimate of drug-likeness (QED) is 0.557. The molecule has 0 bridgehead atoms. The number of aliphatic imine (C=N–C) groups is 1. The van der Waals surface area contributed by atoms with Gasteiger partial charge in [-0.2, -0.15) is 0 Å². The Morgan fingerprint density at radius 3 is 2.33 bits per heavy atom. The molecule has 0 fully saturated rings. The molecule has 0 aromatic rings. The lowest BCUT2D eigenvalue weighted by Crippen LogP contribution is -1.99. The van der Waals surface area contributed by atoms with E-state index < -0.39 is 0 Å². The molecule has 0 saturated carbocycles. The Morgan fingerprint density at radius 1 is 1.33 bits per heavy atom. The van der Waals surface area contributed by atoms with Crippen molar-refractivity contribution in [1.29, 1.82) is 0 Å². The van der Waals surface area contributed by atoms with E-state index in [9.17, 15) is 0 Å². The van der Waals surface area contributed by atoms with Crippen molar-refractivity contribution < 1.29 is 0 Å². The van der Waals surface area contributed by atoms with Crippen molar-refractivity contribution in [3.63, 3.8) is 0 Å². The lowest BCUT2D eigenvalue weighted by Gasteiger charge is -2.05. The first-order chi connectivity index (χ1) is 6.99. The number of unbranched alkanes of at least 4 members (excludes halogenated alkanes) is 1. The van der Waals surface area contributed by atoms with Gasteiger partial charge >= 0.3 is 0 Å². The van der Waals surface area contributed by atoms with Gasteiger partial charge in [-0.25, -0.2) is 0 Å². The number of hydrogen-bond donors (Lipinski definition) is 0. The highest BCUT2D eigenvalue weighted by Gasteiger charge is 1.99. The standard InChI is InChI=1S/C14H25N/c1-7-8-9-14(12(4)5)15-10-13(6)11(2)3/h10-11H,4,7-9H2,1-3,5-6H3/b13-10+,15-14-. The molecule has 86 valence electrons. The molecule has 0 heterocycles. The fraction of sp³-hybridized carbons (Fsp3) is 0.643. The topological polar surface area (TPSA) is 12.4 Å². The molecule has 0 spiro atoms. The lowest BCUT2D eigenvalue weighted by molar-refractivity contribution is 0.765. The summed E-state index contributed by atoms with van der Waals surface area (Å²) in [5.74, 6) is 0.575. The number of rotatable bonds is 6. The Kier molecular flexibility index (Phi) is 7.02. The molecule has 15 heavy (non-hydrogen) atoms. The fourth-order valence-electron chi connectivity index (χ4n) is 1.06. The summed E-state index contributed by atoms with van der Waals surface area (Å²) in [5.41, 5.74) is 3.57. The van der Waals surface area contributed by atoms with Crippen LogP contribution in [0.3, 0.4) is 0 Å². The van der Waals surface area contributed by atoms with E-state index >= 15 is 0 Å². The van der Waals surface area contributed by atoms with E-state index in [1.807, 2.05) is 13.1 Å². The average molecular weight is 207 g/mol. The third-order valence-electron chi connectivity index (χ3n) is 2.59. The van der Waals surface area contributed by atoms with E-state index in [-0.39, 0.29) is 0 Å². The van der Waals surface area contributed by atoms with Gasteiger partial charge < -0.3 is 0 Å². The van der Waals surface area contributed by atoms with Gasteiger partial charge in [0.15, 0.2) is 0 Å². The average Bonchev–Trinajstić information content (AvgIpc) is 2.16. The van der Waals surface area contributed by atoms with E-state index in [1.165, 1.54) is 18.4 Å². The molecule has 0 aromatic carbocycles. The molecule has 0 N–H and O–H groups in total. The zero-order chi connectivity index (χ0) is 11.8. The summed E-state index contributed by atoms with van der Waals surface area (Å²) in [7, 11) is 0. The lowest BCUT2D eigenvalue weighted by atomic mass is 10.1. The minimum Gasteiger partial charge on any atom is -0.261 e. The predicted molar refractivity (Wildman–Crippen MR) is 70.4 cm³/mol. The first kappa shape index (κ1) is 14.2. The maximum absolute atomic E-state index is 4.54. The fourth-order valence-corrected chi connectivity index (χ4v) is 1.06. The molecule has 0 unspecified atom stereocenters. The summed E-state index contributed by atoms with van der Waals surface area (Å²) in [6.45, 7) is 14.7. The molecule has 0 rings (SSSR count). The van der Waals surface area contributed by atoms with Crippen LogP contribution in [0, 0.1) is 5.92 Å². The van der Waals surface area contributed by atoms with Crippen LogP contribution in [0.5, 0.6) is 0 Å². The summed E-state index contributed by atoms with van der Waals surface area (Å²) in [5, 5.41) is 0. The van der Waals surface area contributed by atoms with Crippen molar-refractivity contribution in [2.45, 2.75) is 53.9 Å². The van der Waals surface area contributed by atoms with Crippen LogP contribution < -0.4 is 0 Å². The summed E-state index contributed by atoms with van der Waals surface area (Å²) < 4.78 is 0. The Morgan fingerprint density at radius 2 is 1.93 bits per heavy atom. The van der Waals surface area contributed by atoms with Crippen LogP contribution >= 0.6 is 0 Å². The minimum absolute atomic E-state index is 0.575. The Bertz CT molecular complexity index is 257. The van der Waals surface area contributed by atoms with Crippen LogP contribution in [-0.2, 0) is 0 Å². The molecular formula is C14H25N. The predicted octanol–water partition coefficient (Wildman–Crippen LogP) is 4.75. The second kappa shape index (κ2) is 7.44. The number of allylic oxidation sites excluding steroid dienone is 2. The van der Waals surface area contributed by atoms with E-state index in [2.05, 4.69) is 39.3 Å². The van der Waals surface area contributed by atoms with Gasteiger partial charge in [-0.15, -0.1) is 0 Å². The van der Waals surface area contributed by atoms with Crippen molar-refractivity contribution >= 4 is 5.71 Å². The van der Waals surface area contributed by atoms with E-state index in [0.717, 1.165) is 17.7 Å². The van der Waals surface area contributed by atoms with Crippen LogP contribution in [0.15, 0.2) is 28.9 Å². The van der Waals surface area contributed by atoms with Crippen LogP contribution in [0.2, 0.25) is 0 Å². The first-order valence-corrected chi connectivity index (χ1v) is 5.88. The maximum atomic E-state index is 4.54. The minimum atomic E-state index is 0.575. The van der Waals surface area contributed by atoms with Crippen molar-refractivity contribution in [3.8, 4) is 0 Å². The molecule has 0 aliphatic carbocycles. The molecule has 1 nitrogen and oxygen atoms in total. The smallest absolute Gasteiger partial charge is 0.0426 e. The molecule has 0 amide bonds. The van der Waals surface area contributed by atoms with Gasteiger partial charge in [-0.05, 0) is 38.2 Å². The molecule has 0 saturated heterocycles. The van der Waals surface area contributed by atoms with Crippen LogP contribution in [0.1, 0.15) is 53.9 Å². The molecule has 0 aromatic heterocycles. The molecule has 1 heteroatoms. The Balaban J connectivity index is 4.55. The Hall–Kier alpha value is -0.850. The van der Waals surface area contributed by atoms with Crippen molar-refractivity contribution in [2.75, 3.05) is 0 Å². The van der Waals surface area contributed by atoms with Crippen LogP contribution in [-0.4, -0.2) is 5.71 Å². The van der Waals surface area contributed by atoms with Crippen LogP contribution in [0.4, 0.5) is 0 Å². The molecular weight excluding hydrogens is 182 g/mol. The molecule has 0 aliphatic heterocycles. The Labute approximate surface area is 95.0 Å². The van der Waals surface area contributed by atoms with Gasteiger partial charge in [0.2, 0.25) is 0 Å². The van der Waals surface area contributed by atoms with E-state index in [4.69, 9.17) is 0 Å². The normalized spacial score (nSPS) is 13.5. The second-order valence-corrected chi connectivity index (χ2v) is 4.49. The highest BCUT2D eigenvalue weighted by Crippen LogP contribution is 2.10. The summed E-state index contributed by atoms with van der Waals surface area (Å²) in [4.78, 5) is 4.54. The second-order valence-electron chi connectivity index (χ2n) is 4.49. The van der Waals surface area contributed by atoms with E-state index in [0.29, 0.717) is 5.92 Å². The van der Waals surface area contributed by atoms with Gasteiger partial charge in [0.25, 0.3) is 0 Å². The molecule has 0 aliphatic rings. The number of hydrogen-bond acceptors (Lipinski definition) is 1. The SMILES string of the molecule is C=C(C)/C(CCCC)=N\C=C(/C)C(C)C. The van der Waals surface area contributed by atoms with Crippen molar-refractivity contribution in [2.24, 2.45) is 10.9 Å².